The van der Waals surface area contributed by atoms with E-state index in [9.17, 15) is 13.8 Å². The van der Waals surface area contributed by atoms with E-state index in [0.717, 1.165) is 6.42 Å². The molecule has 0 radical (unpaired) electrons. The van der Waals surface area contributed by atoms with Crippen molar-refractivity contribution in [2.75, 3.05) is 6.61 Å². The maximum atomic E-state index is 11.9. The molecule has 0 amide bonds. The molecule has 19 heavy (non-hydrogen) atoms. The average molecular weight is 285 g/mol. The number of aromatic amines is 1. The highest BCUT2D eigenvalue weighted by Gasteiger charge is 2.16. The van der Waals surface area contributed by atoms with Gasteiger partial charge in [0.1, 0.15) is 5.78 Å². The summed E-state index contributed by atoms with van der Waals surface area (Å²) in [7, 11) is -1.33. The highest BCUT2D eigenvalue weighted by molar-refractivity contribution is 7.85. The van der Waals surface area contributed by atoms with E-state index >= 15 is 0 Å². The lowest BCUT2D eigenvalue weighted by Gasteiger charge is -2.08. The first-order valence-corrected chi connectivity index (χ1v) is 7.56. The van der Waals surface area contributed by atoms with E-state index in [4.69, 9.17) is 4.74 Å². The van der Waals surface area contributed by atoms with E-state index in [2.05, 4.69) is 4.98 Å². The number of carbonyl (C=O) groups excluding carboxylic acids is 1. The molecule has 0 spiro atoms. The Bertz CT molecular complexity index is 524. The van der Waals surface area contributed by atoms with E-state index in [1.807, 2.05) is 6.92 Å². The molecular weight excluding hydrogens is 266 g/mol. The molecule has 2 atom stereocenters. The van der Waals surface area contributed by atoms with E-state index in [-0.39, 0.29) is 22.7 Å². The van der Waals surface area contributed by atoms with Gasteiger partial charge in [-0.25, -0.2) is 0 Å². The molecule has 2 unspecified atom stereocenters. The van der Waals surface area contributed by atoms with Crippen LogP contribution in [0.1, 0.15) is 32.9 Å². The first-order valence-electron chi connectivity index (χ1n) is 6.17. The molecule has 6 heteroatoms. The van der Waals surface area contributed by atoms with Gasteiger partial charge in [-0.1, -0.05) is 6.92 Å². The molecule has 0 aliphatic rings. The molecule has 1 aromatic rings. The SMILES string of the molecule is CCCOc1c[nH]c(CS(=O)C(C)C(C)=O)cc1=O. The molecule has 0 saturated carbocycles. The number of H-pyrrole nitrogens is 1. The zero-order chi connectivity index (χ0) is 14.4. The Balaban J connectivity index is 2.76. The number of hydrogen-bond acceptors (Lipinski definition) is 4. The molecule has 0 aliphatic carbocycles. The lowest BCUT2D eigenvalue weighted by atomic mass is 10.3. The zero-order valence-electron chi connectivity index (χ0n) is 11.4. The van der Waals surface area contributed by atoms with Gasteiger partial charge < -0.3 is 9.72 Å². The number of carbonyl (C=O) groups is 1. The lowest BCUT2D eigenvalue weighted by Crippen LogP contribution is -2.21. The summed E-state index contributed by atoms with van der Waals surface area (Å²) in [6, 6.07) is 1.37. The fourth-order valence-electron chi connectivity index (χ4n) is 1.37. The van der Waals surface area contributed by atoms with Crippen molar-refractivity contribution in [2.45, 2.75) is 38.2 Å². The topological polar surface area (TPSA) is 76.2 Å². The number of Topliss-reactive ketones (excluding diaryl/α,β-unsaturated/α-hetero) is 1. The average Bonchev–Trinajstić information content (AvgIpc) is 2.36. The molecular formula is C13H19NO4S. The second-order valence-electron chi connectivity index (χ2n) is 4.31. The van der Waals surface area contributed by atoms with Gasteiger partial charge in [-0.15, -0.1) is 0 Å². The molecule has 0 fully saturated rings. The van der Waals surface area contributed by atoms with Gasteiger partial charge in [0.2, 0.25) is 5.43 Å². The van der Waals surface area contributed by atoms with Gasteiger partial charge in [0.25, 0.3) is 0 Å². The second-order valence-corrected chi connectivity index (χ2v) is 6.07. The van der Waals surface area contributed by atoms with Crippen LogP contribution in [-0.4, -0.2) is 26.8 Å². The minimum Gasteiger partial charge on any atom is -0.488 e. The highest BCUT2D eigenvalue weighted by Crippen LogP contribution is 2.07. The number of ether oxygens (including phenoxy) is 1. The van der Waals surface area contributed by atoms with Crippen molar-refractivity contribution in [3.8, 4) is 5.75 Å². The van der Waals surface area contributed by atoms with E-state index in [1.54, 1.807) is 6.92 Å². The third-order valence-electron chi connectivity index (χ3n) is 2.66. The third-order valence-corrected chi connectivity index (χ3v) is 4.38. The lowest BCUT2D eigenvalue weighted by molar-refractivity contribution is -0.116. The monoisotopic (exact) mass is 285 g/mol. The van der Waals surface area contributed by atoms with Crippen LogP contribution >= 0.6 is 0 Å². The minimum absolute atomic E-state index is 0.122. The van der Waals surface area contributed by atoms with Gasteiger partial charge in [-0.3, -0.25) is 13.8 Å². The van der Waals surface area contributed by atoms with Crippen molar-refractivity contribution in [2.24, 2.45) is 0 Å². The number of hydrogen-bond donors (Lipinski definition) is 1. The summed E-state index contributed by atoms with van der Waals surface area (Å²) in [4.78, 5) is 25.7. The summed E-state index contributed by atoms with van der Waals surface area (Å²) >= 11 is 0. The van der Waals surface area contributed by atoms with Crippen LogP contribution in [0, 0.1) is 0 Å². The maximum Gasteiger partial charge on any atom is 0.223 e. The minimum atomic E-state index is -1.33. The van der Waals surface area contributed by atoms with Crippen LogP contribution in [0.15, 0.2) is 17.1 Å². The number of pyridine rings is 1. The van der Waals surface area contributed by atoms with Crippen molar-refractivity contribution < 1.29 is 13.7 Å². The zero-order valence-corrected chi connectivity index (χ0v) is 12.2. The van der Waals surface area contributed by atoms with Crippen molar-refractivity contribution in [1.82, 2.24) is 4.98 Å². The molecule has 0 bridgehead atoms. The molecule has 1 heterocycles. The Labute approximate surface area is 114 Å². The smallest absolute Gasteiger partial charge is 0.223 e. The Kier molecular flexibility index (Phi) is 5.95. The van der Waals surface area contributed by atoms with Gasteiger partial charge in [0.05, 0.1) is 17.6 Å². The predicted molar refractivity (Wildman–Crippen MR) is 74.8 cm³/mol. The molecule has 1 N–H and O–H groups in total. The fourth-order valence-corrected chi connectivity index (χ4v) is 2.47. The van der Waals surface area contributed by atoms with Crippen molar-refractivity contribution >= 4 is 16.6 Å². The molecule has 1 rings (SSSR count). The summed E-state index contributed by atoms with van der Waals surface area (Å²) in [5.41, 5.74) is 0.301. The van der Waals surface area contributed by atoms with E-state index < -0.39 is 16.0 Å². The predicted octanol–water partition coefficient (Wildman–Crippen LogP) is 1.39. The quantitative estimate of drug-likeness (QED) is 0.821. The maximum absolute atomic E-state index is 11.9. The van der Waals surface area contributed by atoms with Crippen LogP contribution < -0.4 is 10.2 Å². The van der Waals surface area contributed by atoms with Crippen molar-refractivity contribution in [3.63, 3.8) is 0 Å². The summed E-state index contributed by atoms with van der Waals surface area (Å²) in [6.45, 7) is 5.47. The Morgan fingerprint density at radius 3 is 2.74 bits per heavy atom. The number of nitrogens with one attached hydrogen (secondary N) is 1. The molecule has 5 nitrogen and oxygen atoms in total. The van der Waals surface area contributed by atoms with Crippen LogP contribution in [0.2, 0.25) is 0 Å². The summed E-state index contributed by atoms with van der Waals surface area (Å²) < 4.78 is 17.1. The standard InChI is InChI=1S/C13H19NO4S/c1-4-5-18-13-7-14-11(6-12(13)16)8-19(17)10(3)9(2)15/h6-7,10H,4-5,8H2,1-3H3,(H,14,16). The van der Waals surface area contributed by atoms with Crippen LogP contribution in [0.5, 0.6) is 5.75 Å². The first-order chi connectivity index (χ1) is 8.95. The Hall–Kier alpha value is -1.43. The van der Waals surface area contributed by atoms with Gasteiger partial charge in [-0.2, -0.15) is 0 Å². The van der Waals surface area contributed by atoms with Gasteiger partial charge >= 0.3 is 0 Å². The second kappa shape index (κ2) is 7.23. The van der Waals surface area contributed by atoms with Crippen LogP contribution in [0.4, 0.5) is 0 Å². The first kappa shape index (κ1) is 15.6. The largest absolute Gasteiger partial charge is 0.488 e. The Morgan fingerprint density at radius 2 is 2.21 bits per heavy atom. The number of rotatable bonds is 7. The molecule has 1 aromatic heterocycles. The normalized spacial score (nSPS) is 13.8. The van der Waals surface area contributed by atoms with Gasteiger partial charge in [0.15, 0.2) is 5.75 Å². The molecule has 0 aliphatic heterocycles. The van der Waals surface area contributed by atoms with E-state index in [0.29, 0.717) is 12.3 Å². The van der Waals surface area contributed by atoms with Crippen LogP contribution in [0.25, 0.3) is 0 Å². The number of ketones is 1. The van der Waals surface area contributed by atoms with Gasteiger partial charge in [-0.05, 0) is 20.3 Å². The summed E-state index contributed by atoms with van der Waals surface area (Å²) in [5.74, 6) is 0.295. The highest BCUT2D eigenvalue weighted by atomic mass is 32.2. The van der Waals surface area contributed by atoms with Crippen LogP contribution in [0.3, 0.4) is 0 Å². The van der Waals surface area contributed by atoms with E-state index in [1.165, 1.54) is 19.2 Å². The Morgan fingerprint density at radius 1 is 1.53 bits per heavy atom. The molecule has 106 valence electrons. The van der Waals surface area contributed by atoms with Crippen molar-refractivity contribution in [3.05, 3.63) is 28.2 Å². The third kappa shape index (κ3) is 4.63. The molecule has 0 saturated heterocycles. The fraction of sp³-hybridized carbons (Fsp3) is 0.538. The van der Waals surface area contributed by atoms with Crippen molar-refractivity contribution in [1.29, 1.82) is 0 Å². The summed E-state index contributed by atoms with van der Waals surface area (Å²) in [5, 5.41) is -0.528. The van der Waals surface area contributed by atoms with Gasteiger partial charge in [0, 0.05) is 28.8 Å². The van der Waals surface area contributed by atoms with Crippen LogP contribution in [-0.2, 0) is 21.3 Å². The summed E-state index contributed by atoms with van der Waals surface area (Å²) in [6.07, 6.45) is 2.30. The number of aromatic nitrogens is 1. The molecule has 0 aromatic carbocycles.